The summed E-state index contributed by atoms with van der Waals surface area (Å²) >= 11 is 3.40. The average molecular weight is 293 g/mol. The van der Waals surface area contributed by atoms with Gasteiger partial charge >= 0.3 is 0 Å². The van der Waals surface area contributed by atoms with Crippen LogP contribution in [-0.2, 0) is 0 Å². The van der Waals surface area contributed by atoms with E-state index in [4.69, 9.17) is 0 Å². The van der Waals surface area contributed by atoms with Crippen LogP contribution in [0.25, 0.3) is 0 Å². The van der Waals surface area contributed by atoms with Gasteiger partial charge in [-0.1, -0.05) is 30.3 Å². The Hall–Kier alpha value is -1.39. The molecule has 0 aliphatic rings. The van der Waals surface area contributed by atoms with Crippen molar-refractivity contribution in [2.24, 2.45) is 0 Å². The Labute approximate surface area is 109 Å². The van der Waals surface area contributed by atoms with Crippen LogP contribution in [0.2, 0.25) is 0 Å². The molecule has 1 aromatic heterocycles. The fourth-order valence-corrected chi connectivity index (χ4v) is 1.91. The zero-order valence-corrected chi connectivity index (χ0v) is 10.8. The summed E-state index contributed by atoms with van der Waals surface area (Å²) in [5.41, 5.74) is 1.83. The lowest BCUT2D eigenvalue weighted by molar-refractivity contribution is 0.191. The minimum absolute atomic E-state index is 0.465. The van der Waals surface area contributed by atoms with Crippen molar-refractivity contribution in [2.45, 2.75) is 6.10 Å². The fourth-order valence-electron chi connectivity index (χ4n) is 1.52. The lowest BCUT2D eigenvalue weighted by Gasteiger charge is -2.13. The molecule has 0 aliphatic heterocycles. The lowest BCUT2D eigenvalue weighted by atomic mass is 10.1. The number of benzene rings is 1. The average Bonchev–Trinajstić information content (AvgIpc) is 2.38. The second-order valence-corrected chi connectivity index (χ2v) is 4.52. The van der Waals surface area contributed by atoms with Gasteiger partial charge < -0.3 is 10.4 Å². The molecular formula is C13H13BrN2O. The highest BCUT2D eigenvalue weighted by atomic mass is 79.9. The zero-order valence-electron chi connectivity index (χ0n) is 9.18. The van der Waals surface area contributed by atoms with Crippen LogP contribution in [0.4, 0.5) is 5.69 Å². The first-order valence-electron chi connectivity index (χ1n) is 5.34. The van der Waals surface area contributed by atoms with E-state index in [2.05, 4.69) is 26.2 Å². The number of hydrogen-bond acceptors (Lipinski definition) is 3. The van der Waals surface area contributed by atoms with Gasteiger partial charge in [-0.2, -0.15) is 0 Å². The Bertz CT molecular complexity index is 476. The number of anilines is 1. The number of aromatic nitrogens is 1. The first kappa shape index (κ1) is 12.1. The van der Waals surface area contributed by atoms with Crippen molar-refractivity contribution >= 4 is 21.6 Å². The number of nitrogens with zero attached hydrogens (tertiary/aromatic N) is 1. The van der Waals surface area contributed by atoms with Gasteiger partial charge in [0.15, 0.2) is 0 Å². The van der Waals surface area contributed by atoms with Gasteiger partial charge in [0, 0.05) is 18.9 Å². The molecule has 0 amide bonds. The smallest absolute Gasteiger partial charge is 0.0962 e. The van der Waals surface area contributed by atoms with Gasteiger partial charge in [-0.25, -0.2) is 0 Å². The van der Waals surface area contributed by atoms with Crippen LogP contribution in [-0.4, -0.2) is 16.6 Å². The van der Waals surface area contributed by atoms with Crippen LogP contribution in [0.1, 0.15) is 11.7 Å². The minimum atomic E-state index is -0.517. The standard InChI is InChI=1S/C13H13BrN2O/c14-11-8-15-7-6-12(11)16-9-13(17)10-4-2-1-3-5-10/h1-8,13,17H,9H2,(H,15,16). The summed E-state index contributed by atoms with van der Waals surface area (Å²) < 4.78 is 0.889. The van der Waals surface area contributed by atoms with E-state index in [0.717, 1.165) is 15.7 Å². The Morgan fingerprint density at radius 2 is 2.00 bits per heavy atom. The van der Waals surface area contributed by atoms with Gasteiger partial charge in [-0.3, -0.25) is 4.98 Å². The number of rotatable bonds is 4. The predicted molar refractivity (Wildman–Crippen MR) is 71.8 cm³/mol. The van der Waals surface area contributed by atoms with Gasteiger partial charge in [0.1, 0.15) is 0 Å². The van der Waals surface area contributed by atoms with Crippen LogP contribution in [0.5, 0.6) is 0 Å². The highest BCUT2D eigenvalue weighted by molar-refractivity contribution is 9.10. The summed E-state index contributed by atoms with van der Waals surface area (Å²) in [6.07, 6.45) is 2.91. The molecule has 0 spiro atoms. The van der Waals surface area contributed by atoms with Gasteiger partial charge in [-0.15, -0.1) is 0 Å². The van der Waals surface area contributed by atoms with Crippen LogP contribution in [0.15, 0.2) is 53.3 Å². The third kappa shape index (κ3) is 3.28. The second-order valence-electron chi connectivity index (χ2n) is 3.66. The van der Waals surface area contributed by atoms with E-state index >= 15 is 0 Å². The highest BCUT2D eigenvalue weighted by Gasteiger charge is 2.07. The zero-order chi connectivity index (χ0) is 12.1. The third-order valence-electron chi connectivity index (χ3n) is 2.44. The highest BCUT2D eigenvalue weighted by Crippen LogP contribution is 2.21. The normalized spacial score (nSPS) is 12.1. The molecule has 1 unspecified atom stereocenters. The number of nitrogens with one attached hydrogen (secondary N) is 1. The van der Waals surface area contributed by atoms with E-state index in [1.54, 1.807) is 12.4 Å². The third-order valence-corrected chi connectivity index (χ3v) is 3.07. The van der Waals surface area contributed by atoms with Crippen LogP contribution in [0.3, 0.4) is 0 Å². The van der Waals surface area contributed by atoms with Crippen LogP contribution >= 0.6 is 15.9 Å². The minimum Gasteiger partial charge on any atom is -0.387 e. The van der Waals surface area contributed by atoms with Gasteiger partial charge in [0.25, 0.3) is 0 Å². The van der Waals surface area contributed by atoms with E-state index in [0.29, 0.717) is 6.54 Å². The number of aliphatic hydroxyl groups excluding tert-OH is 1. The largest absolute Gasteiger partial charge is 0.387 e. The van der Waals surface area contributed by atoms with Crippen molar-refractivity contribution < 1.29 is 5.11 Å². The molecule has 0 radical (unpaired) electrons. The number of aliphatic hydroxyl groups is 1. The van der Waals surface area contributed by atoms with Crippen LogP contribution in [0, 0.1) is 0 Å². The Balaban J connectivity index is 1.97. The summed E-state index contributed by atoms with van der Waals surface area (Å²) in [6, 6.07) is 11.5. The summed E-state index contributed by atoms with van der Waals surface area (Å²) in [7, 11) is 0. The predicted octanol–water partition coefficient (Wildman–Crippen LogP) is 2.99. The number of hydrogen-bond donors (Lipinski definition) is 2. The van der Waals surface area contributed by atoms with Gasteiger partial charge in [0.2, 0.25) is 0 Å². The molecule has 0 saturated carbocycles. The summed E-state index contributed by atoms with van der Waals surface area (Å²) in [5.74, 6) is 0. The van der Waals surface area contributed by atoms with Gasteiger partial charge in [0.05, 0.1) is 16.3 Å². The molecule has 0 aliphatic carbocycles. The molecule has 3 nitrogen and oxygen atoms in total. The molecule has 17 heavy (non-hydrogen) atoms. The maximum Gasteiger partial charge on any atom is 0.0962 e. The molecule has 1 atom stereocenters. The van der Waals surface area contributed by atoms with Crippen molar-refractivity contribution in [2.75, 3.05) is 11.9 Å². The monoisotopic (exact) mass is 292 g/mol. The van der Waals surface area contributed by atoms with Gasteiger partial charge in [-0.05, 0) is 27.6 Å². The SMILES string of the molecule is OC(CNc1ccncc1Br)c1ccccc1. The fraction of sp³-hybridized carbons (Fsp3) is 0.154. The first-order chi connectivity index (χ1) is 8.27. The molecule has 2 N–H and O–H groups in total. The van der Waals surface area contributed by atoms with E-state index < -0.39 is 6.10 Å². The molecule has 88 valence electrons. The molecule has 1 heterocycles. The van der Waals surface area contributed by atoms with Crippen LogP contribution < -0.4 is 5.32 Å². The Morgan fingerprint density at radius 1 is 1.24 bits per heavy atom. The van der Waals surface area contributed by atoms with E-state index in [-0.39, 0.29) is 0 Å². The topological polar surface area (TPSA) is 45.1 Å². The molecule has 2 aromatic rings. The molecule has 0 bridgehead atoms. The summed E-state index contributed by atoms with van der Waals surface area (Å²) in [6.45, 7) is 0.465. The Morgan fingerprint density at radius 3 is 2.71 bits per heavy atom. The van der Waals surface area contributed by atoms with E-state index in [9.17, 15) is 5.11 Å². The van der Waals surface area contributed by atoms with Crippen molar-refractivity contribution in [1.82, 2.24) is 4.98 Å². The first-order valence-corrected chi connectivity index (χ1v) is 6.13. The second kappa shape index (κ2) is 5.80. The van der Waals surface area contributed by atoms with Crippen molar-refractivity contribution in [3.63, 3.8) is 0 Å². The maximum atomic E-state index is 9.98. The lowest BCUT2D eigenvalue weighted by Crippen LogP contribution is -2.12. The van der Waals surface area contributed by atoms with Crippen molar-refractivity contribution in [3.8, 4) is 0 Å². The summed E-state index contributed by atoms with van der Waals surface area (Å²) in [5, 5.41) is 13.2. The van der Waals surface area contributed by atoms with E-state index in [1.165, 1.54) is 0 Å². The number of halogens is 1. The molecule has 2 rings (SSSR count). The molecular weight excluding hydrogens is 280 g/mol. The van der Waals surface area contributed by atoms with Crippen molar-refractivity contribution in [1.29, 1.82) is 0 Å². The quantitative estimate of drug-likeness (QED) is 0.911. The maximum absolute atomic E-state index is 9.98. The Kier molecular flexibility index (Phi) is 4.12. The summed E-state index contributed by atoms with van der Waals surface area (Å²) in [4.78, 5) is 3.98. The molecule has 1 aromatic carbocycles. The molecule has 0 fully saturated rings. The molecule has 4 heteroatoms. The van der Waals surface area contributed by atoms with E-state index in [1.807, 2.05) is 36.4 Å². The molecule has 0 saturated heterocycles. The van der Waals surface area contributed by atoms with Crippen molar-refractivity contribution in [3.05, 3.63) is 58.8 Å². The number of pyridine rings is 1.